The second-order valence-corrected chi connectivity index (χ2v) is 8.25. The van der Waals surface area contributed by atoms with Gasteiger partial charge in [0.2, 0.25) is 5.91 Å². The molecule has 0 bridgehead atoms. The summed E-state index contributed by atoms with van der Waals surface area (Å²) < 4.78 is 5.42. The van der Waals surface area contributed by atoms with Crippen molar-refractivity contribution >= 4 is 28.9 Å². The number of hydrogen-bond acceptors (Lipinski definition) is 5. The van der Waals surface area contributed by atoms with Crippen molar-refractivity contribution in [1.29, 1.82) is 0 Å². The molecule has 2 unspecified atom stereocenters. The summed E-state index contributed by atoms with van der Waals surface area (Å²) in [5.74, 6) is -0.736. The first-order valence-corrected chi connectivity index (χ1v) is 9.99. The number of ketones is 1. The Morgan fingerprint density at radius 1 is 1.38 bits per heavy atom. The van der Waals surface area contributed by atoms with E-state index in [0.29, 0.717) is 18.4 Å². The standard InChI is InChI=1S/C19H28N2O4S/c1-5-15-16(14(22)10-25-15)21-18(24)13(9-19(3,4)6-2)20-17(23)12-7-8-26-11-12/h7-8,11,13,15-16H,5-6,9-10H2,1-4H3,(H,20,23)(H,21,24)/t13-,15?,16?/m0/s1. The van der Waals surface area contributed by atoms with Crippen LogP contribution in [0.4, 0.5) is 0 Å². The molecule has 1 aliphatic rings. The summed E-state index contributed by atoms with van der Waals surface area (Å²) in [4.78, 5) is 37.3. The van der Waals surface area contributed by atoms with E-state index in [9.17, 15) is 14.4 Å². The van der Waals surface area contributed by atoms with Gasteiger partial charge in [0.25, 0.3) is 5.91 Å². The number of ether oxygens (including phenoxy) is 1. The Kier molecular flexibility index (Phi) is 6.94. The first-order valence-electron chi connectivity index (χ1n) is 9.05. The van der Waals surface area contributed by atoms with Crippen LogP contribution in [0.15, 0.2) is 16.8 Å². The van der Waals surface area contributed by atoms with E-state index >= 15 is 0 Å². The number of nitrogens with one attached hydrogen (secondary N) is 2. The summed E-state index contributed by atoms with van der Waals surface area (Å²) in [7, 11) is 0. The minimum Gasteiger partial charge on any atom is -0.368 e. The molecule has 1 saturated heterocycles. The Labute approximate surface area is 158 Å². The number of Topliss-reactive ketones (excluding diaryl/α,β-unsaturated/α-hetero) is 1. The van der Waals surface area contributed by atoms with Gasteiger partial charge in [-0.15, -0.1) is 0 Å². The Morgan fingerprint density at radius 3 is 2.69 bits per heavy atom. The van der Waals surface area contributed by atoms with E-state index < -0.39 is 12.1 Å². The van der Waals surface area contributed by atoms with E-state index in [0.717, 1.165) is 6.42 Å². The molecular weight excluding hydrogens is 352 g/mol. The SMILES string of the molecule is CCC1OCC(=O)C1NC(=O)[C@H](CC(C)(C)CC)NC(=O)c1ccsc1. The van der Waals surface area contributed by atoms with Crippen molar-refractivity contribution in [3.05, 3.63) is 22.4 Å². The molecule has 1 aromatic rings. The van der Waals surface area contributed by atoms with Crippen LogP contribution in [-0.2, 0) is 14.3 Å². The smallest absolute Gasteiger partial charge is 0.252 e. The maximum absolute atomic E-state index is 12.9. The van der Waals surface area contributed by atoms with Crippen molar-refractivity contribution in [3.8, 4) is 0 Å². The van der Waals surface area contributed by atoms with E-state index in [2.05, 4.69) is 31.4 Å². The molecule has 2 amide bonds. The topological polar surface area (TPSA) is 84.5 Å². The lowest BCUT2D eigenvalue weighted by Crippen LogP contribution is -2.54. The molecule has 7 heteroatoms. The third kappa shape index (κ3) is 5.14. The summed E-state index contributed by atoms with van der Waals surface area (Å²) in [6.07, 6.45) is 1.69. The van der Waals surface area contributed by atoms with Gasteiger partial charge in [0.1, 0.15) is 18.7 Å². The number of rotatable bonds is 8. The lowest BCUT2D eigenvalue weighted by Gasteiger charge is -2.29. The van der Waals surface area contributed by atoms with Crippen molar-refractivity contribution in [3.63, 3.8) is 0 Å². The van der Waals surface area contributed by atoms with Gasteiger partial charge in [0.15, 0.2) is 5.78 Å². The van der Waals surface area contributed by atoms with Crippen LogP contribution in [0.5, 0.6) is 0 Å². The van der Waals surface area contributed by atoms with E-state index in [4.69, 9.17) is 4.74 Å². The molecule has 26 heavy (non-hydrogen) atoms. The zero-order valence-corrected chi connectivity index (χ0v) is 16.7. The molecule has 1 fully saturated rings. The van der Waals surface area contributed by atoms with Crippen molar-refractivity contribution in [1.82, 2.24) is 10.6 Å². The first-order chi connectivity index (χ1) is 12.3. The quantitative estimate of drug-likeness (QED) is 0.726. The fourth-order valence-electron chi connectivity index (χ4n) is 2.90. The van der Waals surface area contributed by atoms with Crippen LogP contribution in [0.2, 0.25) is 0 Å². The third-order valence-electron chi connectivity index (χ3n) is 4.98. The Morgan fingerprint density at radius 2 is 2.12 bits per heavy atom. The van der Waals surface area contributed by atoms with E-state index in [-0.39, 0.29) is 35.7 Å². The Balaban J connectivity index is 2.12. The van der Waals surface area contributed by atoms with Crippen molar-refractivity contribution in [2.24, 2.45) is 5.41 Å². The molecule has 2 N–H and O–H groups in total. The molecule has 2 rings (SSSR count). The van der Waals surface area contributed by atoms with Gasteiger partial charge < -0.3 is 15.4 Å². The molecule has 0 radical (unpaired) electrons. The minimum absolute atomic E-state index is 0.0236. The highest BCUT2D eigenvalue weighted by Gasteiger charge is 2.38. The van der Waals surface area contributed by atoms with Gasteiger partial charge in [0, 0.05) is 5.38 Å². The zero-order chi connectivity index (χ0) is 19.3. The predicted molar refractivity (Wildman–Crippen MR) is 101 cm³/mol. The van der Waals surface area contributed by atoms with Crippen LogP contribution in [0, 0.1) is 5.41 Å². The van der Waals surface area contributed by atoms with Crippen LogP contribution in [-0.4, -0.2) is 42.4 Å². The second kappa shape index (κ2) is 8.77. The van der Waals surface area contributed by atoms with E-state index in [1.54, 1.807) is 11.4 Å². The fourth-order valence-corrected chi connectivity index (χ4v) is 3.54. The number of carbonyl (C=O) groups is 3. The van der Waals surface area contributed by atoms with Crippen molar-refractivity contribution in [2.75, 3.05) is 6.61 Å². The van der Waals surface area contributed by atoms with E-state index in [1.165, 1.54) is 11.3 Å². The van der Waals surface area contributed by atoms with Gasteiger partial charge >= 0.3 is 0 Å². The average Bonchev–Trinajstić information content (AvgIpc) is 3.25. The summed E-state index contributed by atoms with van der Waals surface area (Å²) in [5, 5.41) is 9.20. The molecule has 144 valence electrons. The normalized spacial score (nSPS) is 21.5. The van der Waals surface area contributed by atoms with Crippen molar-refractivity contribution in [2.45, 2.75) is 65.1 Å². The summed E-state index contributed by atoms with van der Waals surface area (Å²) in [6.45, 7) is 8.11. The van der Waals surface area contributed by atoms with Gasteiger partial charge in [0.05, 0.1) is 11.7 Å². The highest BCUT2D eigenvalue weighted by Crippen LogP contribution is 2.27. The average molecular weight is 381 g/mol. The number of carbonyl (C=O) groups excluding carboxylic acids is 3. The predicted octanol–water partition coefficient (Wildman–Crippen LogP) is 2.54. The monoisotopic (exact) mass is 380 g/mol. The summed E-state index contributed by atoms with van der Waals surface area (Å²) in [5.41, 5.74) is 0.415. The fraction of sp³-hybridized carbons (Fsp3) is 0.632. The zero-order valence-electron chi connectivity index (χ0n) is 15.8. The van der Waals surface area contributed by atoms with Gasteiger partial charge in [-0.2, -0.15) is 11.3 Å². The lowest BCUT2D eigenvalue weighted by molar-refractivity contribution is -0.128. The first kappa shape index (κ1) is 20.6. The summed E-state index contributed by atoms with van der Waals surface area (Å²) in [6, 6.07) is 0.377. The molecular formula is C19H28N2O4S. The Bertz CT molecular complexity index is 642. The molecule has 0 saturated carbocycles. The molecule has 0 spiro atoms. The maximum atomic E-state index is 12.9. The molecule has 6 nitrogen and oxygen atoms in total. The van der Waals surface area contributed by atoms with Crippen LogP contribution in [0.1, 0.15) is 57.3 Å². The highest BCUT2D eigenvalue weighted by molar-refractivity contribution is 7.08. The van der Waals surface area contributed by atoms with Crippen LogP contribution < -0.4 is 10.6 Å². The van der Waals surface area contributed by atoms with Gasteiger partial charge in [-0.25, -0.2) is 0 Å². The van der Waals surface area contributed by atoms with E-state index in [1.807, 2.05) is 12.3 Å². The van der Waals surface area contributed by atoms with Crippen LogP contribution >= 0.6 is 11.3 Å². The van der Waals surface area contributed by atoms with Gasteiger partial charge in [-0.05, 0) is 29.7 Å². The van der Waals surface area contributed by atoms with Crippen LogP contribution in [0.3, 0.4) is 0 Å². The number of hydrogen-bond donors (Lipinski definition) is 2. The van der Waals surface area contributed by atoms with Crippen LogP contribution in [0.25, 0.3) is 0 Å². The molecule has 3 atom stereocenters. The molecule has 0 aliphatic carbocycles. The molecule has 1 aliphatic heterocycles. The molecule has 2 heterocycles. The Hall–Kier alpha value is -1.73. The largest absolute Gasteiger partial charge is 0.368 e. The van der Waals surface area contributed by atoms with Gasteiger partial charge in [-0.1, -0.05) is 34.1 Å². The number of amides is 2. The highest BCUT2D eigenvalue weighted by atomic mass is 32.1. The van der Waals surface area contributed by atoms with Gasteiger partial charge in [-0.3, -0.25) is 14.4 Å². The minimum atomic E-state index is -0.705. The lowest BCUT2D eigenvalue weighted by atomic mass is 9.83. The maximum Gasteiger partial charge on any atom is 0.252 e. The summed E-state index contributed by atoms with van der Waals surface area (Å²) >= 11 is 1.43. The molecule has 1 aromatic heterocycles. The number of thiophene rings is 1. The third-order valence-corrected chi connectivity index (χ3v) is 5.66. The van der Waals surface area contributed by atoms with Crippen molar-refractivity contribution < 1.29 is 19.1 Å². The second-order valence-electron chi connectivity index (χ2n) is 7.47. The molecule has 0 aromatic carbocycles.